The molecule has 0 saturated carbocycles. The lowest BCUT2D eigenvalue weighted by molar-refractivity contribution is 0.283. The van der Waals surface area contributed by atoms with E-state index < -0.39 is 0 Å². The minimum absolute atomic E-state index is 0.792. The van der Waals surface area contributed by atoms with Crippen molar-refractivity contribution in [2.45, 2.75) is 0 Å². The molecule has 144 valence electrons. The summed E-state index contributed by atoms with van der Waals surface area (Å²) in [6.07, 6.45) is 9.63. The third kappa shape index (κ3) is 4.37. The van der Waals surface area contributed by atoms with E-state index in [0.29, 0.717) is 0 Å². The van der Waals surface area contributed by atoms with E-state index in [9.17, 15) is 0 Å². The van der Waals surface area contributed by atoms with Crippen LogP contribution in [0.5, 0.6) is 5.75 Å². The van der Waals surface area contributed by atoms with Gasteiger partial charge < -0.3 is 9.64 Å². The topological polar surface area (TPSA) is 59.3 Å². The van der Waals surface area contributed by atoms with Crippen molar-refractivity contribution in [1.82, 2.24) is 24.6 Å². The zero-order valence-electron chi connectivity index (χ0n) is 16.0. The molecule has 0 unspecified atom stereocenters. The van der Waals surface area contributed by atoms with E-state index in [1.807, 2.05) is 30.5 Å². The van der Waals surface area contributed by atoms with Crippen molar-refractivity contribution in [2.24, 2.45) is 0 Å². The largest absolute Gasteiger partial charge is 0.497 e. The summed E-state index contributed by atoms with van der Waals surface area (Å²) in [6, 6.07) is 12.0. The Bertz CT molecular complexity index is 899. The maximum atomic E-state index is 5.19. The molecule has 0 spiro atoms. The van der Waals surface area contributed by atoms with Crippen molar-refractivity contribution >= 4 is 11.9 Å². The quantitative estimate of drug-likeness (QED) is 0.659. The van der Waals surface area contributed by atoms with Gasteiger partial charge >= 0.3 is 0 Å². The Kier molecular flexibility index (Phi) is 5.63. The highest BCUT2D eigenvalue weighted by Gasteiger charge is 2.17. The molecule has 7 nitrogen and oxygen atoms in total. The van der Waals surface area contributed by atoms with Gasteiger partial charge in [0.15, 0.2) is 5.82 Å². The van der Waals surface area contributed by atoms with Crippen molar-refractivity contribution in [2.75, 3.05) is 44.7 Å². The second kappa shape index (κ2) is 8.67. The summed E-state index contributed by atoms with van der Waals surface area (Å²) in [5.41, 5.74) is 1.19. The Labute approximate surface area is 164 Å². The highest BCUT2D eigenvalue weighted by Crippen LogP contribution is 2.16. The SMILES string of the molecule is COc1ccc(/C=C/CN2CCN(c3cc(-n4cccn4)ncn3)CC2)cc1. The number of aromatic nitrogens is 4. The summed E-state index contributed by atoms with van der Waals surface area (Å²) in [6.45, 7) is 4.86. The van der Waals surface area contributed by atoms with Crippen LogP contribution in [0, 0.1) is 0 Å². The molecule has 1 fully saturated rings. The zero-order valence-corrected chi connectivity index (χ0v) is 16.0. The second-order valence-electron chi connectivity index (χ2n) is 6.65. The van der Waals surface area contributed by atoms with Crippen LogP contribution >= 0.6 is 0 Å². The molecule has 0 atom stereocenters. The van der Waals surface area contributed by atoms with Gasteiger partial charge in [-0.2, -0.15) is 5.10 Å². The van der Waals surface area contributed by atoms with Crippen LogP contribution in [0.3, 0.4) is 0 Å². The predicted molar refractivity (Wildman–Crippen MR) is 110 cm³/mol. The van der Waals surface area contributed by atoms with E-state index in [1.165, 1.54) is 5.56 Å². The maximum Gasteiger partial charge on any atom is 0.158 e. The molecule has 7 heteroatoms. The number of benzene rings is 1. The van der Waals surface area contributed by atoms with Crippen LogP contribution in [0.25, 0.3) is 11.9 Å². The standard InChI is InChI=1S/C21H24N6O/c1-28-19-7-5-18(6-8-19)4-2-10-25-12-14-26(15-13-25)20-16-21(23-17-22-20)27-11-3-9-24-27/h2-9,11,16-17H,10,12-15H2,1H3/b4-2+. The fourth-order valence-corrected chi connectivity index (χ4v) is 3.25. The normalized spacial score (nSPS) is 15.2. The Morgan fingerprint density at radius 2 is 1.82 bits per heavy atom. The lowest BCUT2D eigenvalue weighted by Crippen LogP contribution is -2.46. The summed E-state index contributed by atoms with van der Waals surface area (Å²) in [7, 11) is 1.68. The fraction of sp³-hybridized carbons (Fsp3) is 0.286. The molecule has 1 saturated heterocycles. The first-order valence-electron chi connectivity index (χ1n) is 9.42. The number of nitrogens with zero attached hydrogens (tertiary/aromatic N) is 6. The highest BCUT2D eigenvalue weighted by atomic mass is 16.5. The van der Waals surface area contributed by atoms with Crippen LogP contribution in [-0.2, 0) is 0 Å². The van der Waals surface area contributed by atoms with E-state index in [-0.39, 0.29) is 0 Å². The number of hydrogen-bond donors (Lipinski definition) is 0. The van der Waals surface area contributed by atoms with E-state index >= 15 is 0 Å². The Morgan fingerprint density at radius 3 is 2.54 bits per heavy atom. The van der Waals surface area contributed by atoms with Gasteiger partial charge in [-0.1, -0.05) is 24.3 Å². The van der Waals surface area contributed by atoms with Crippen molar-refractivity contribution in [3.63, 3.8) is 0 Å². The monoisotopic (exact) mass is 376 g/mol. The Hall–Kier alpha value is -3.19. The molecule has 3 heterocycles. The van der Waals surface area contributed by atoms with Gasteiger partial charge in [-0.05, 0) is 23.8 Å². The molecule has 2 aromatic heterocycles. The minimum atomic E-state index is 0.792. The molecule has 3 aromatic rings. The first kappa shape index (κ1) is 18.2. The molecule has 28 heavy (non-hydrogen) atoms. The van der Waals surface area contributed by atoms with E-state index in [4.69, 9.17) is 4.74 Å². The Morgan fingerprint density at radius 1 is 1.04 bits per heavy atom. The summed E-state index contributed by atoms with van der Waals surface area (Å²) in [5.74, 6) is 2.63. The number of anilines is 1. The maximum absolute atomic E-state index is 5.19. The zero-order chi connectivity index (χ0) is 19.2. The average Bonchev–Trinajstić information content (AvgIpc) is 3.30. The molecular formula is C21H24N6O. The molecule has 1 aliphatic heterocycles. The molecular weight excluding hydrogens is 352 g/mol. The van der Waals surface area contributed by atoms with Crippen molar-refractivity contribution in [1.29, 1.82) is 0 Å². The summed E-state index contributed by atoms with van der Waals surface area (Å²) >= 11 is 0. The van der Waals surface area contributed by atoms with Gasteiger partial charge in [-0.25, -0.2) is 14.6 Å². The smallest absolute Gasteiger partial charge is 0.158 e. The molecule has 1 aliphatic rings. The fourth-order valence-electron chi connectivity index (χ4n) is 3.25. The molecule has 4 rings (SSSR count). The number of ether oxygens (including phenoxy) is 1. The van der Waals surface area contributed by atoms with Crippen LogP contribution in [0.2, 0.25) is 0 Å². The molecule has 0 radical (unpaired) electrons. The van der Waals surface area contributed by atoms with E-state index in [0.717, 1.165) is 50.1 Å². The molecule has 1 aromatic carbocycles. The van der Waals surface area contributed by atoms with Gasteiger partial charge in [0.2, 0.25) is 0 Å². The first-order valence-corrected chi connectivity index (χ1v) is 9.42. The van der Waals surface area contributed by atoms with Crippen LogP contribution in [-0.4, -0.2) is 64.5 Å². The van der Waals surface area contributed by atoms with Gasteiger partial charge in [0, 0.05) is 51.2 Å². The van der Waals surface area contributed by atoms with Crippen LogP contribution in [0.4, 0.5) is 5.82 Å². The molecule has 0 bridgehead atoms. The molecule has 0 amide bonds. The number of piperazine rings is 1. The third-order valence-corrected chi connectivity index (χ3v) is 4.86. The van der Waals surface area contributed by atoms with E-state index in [2.05, 4.69) is 49.2 Å². The minimum Gasteiger partial charge on any atom is -0.497 e. The summed E-state index contributed by atoms with van der Waals surface area (Å²) in [4.78, 5) is 13.5. The number of hydrogen-bond acceptors (Lipinski definition) is 6. The highest BCUT2D eigenvalue weighted by molar-refractivity contribution is 5.50. The second-order valence-corrected chi connectivity index (χ2v) is 6.65. The number of methoxy groups -OCH3 is 1. The van der Waals surface area contributed by atoms with Crippen molar-refractivity contribution < 1.29 is 4.74 Å². The van der Waals surface area contributed by atoms with E-state index in [1.54, 1.807) is 24.3 Å². The molecule has 0 N–H and O–H groups in total. The Balaban J connectivity index is 1.30. The van der Waals surface area contributed by atoms with Crippen LogP contribution in [0.1, 0.15) is 5.56 Å². The van der Waals surface area contributed by atoms with Gasteiger partial charge in [-0.15, -0.1) is 0 Å². The van der Waals surface area contributed by atoms with Crippen LogP contribution < -0.4 is 9.64 Å². The van der Waals surface area contributed by atoms with Crippen LogP contribution in [0.15, 0.2) is 61.2 Å². The molecule has 0 aliphatic carbocycles. The predicted octanol–water partition coefficient (Wildman–Crippen LogP) is 2.51. The van der Waals surface area contributed by atoms with Crippen molar-refractivity contribution in [3.05, 3.63) is 66.8 Å². The average molecular weight is 376 g/mol. The lowest BCUT2D eigenvalue weighted by atomic mass is 10.2. The summed E-state index contributed by atoms with van der Waals surface area (Å²) in [5, 5.41) is 4.24. The van der Waals surface area contributed by atoms with Gasteiger partial charge in [0.05, 0.1) is 7.11 Å². The van der Waals surface area contributed by atoms with Crippen molar-refractivity contribution in [3.8, 4) is 11.6 Å². The van der Waals surface area contributed by atoms with Gasteiger partial charge in [0.1, 0.15) is 17.9 Å². The van der Waals surface area contributed by atoms with Gasteiger partial charge in [0.25, 0.3) is 0 Å². The number of rotatable bonds is 6. The van der Waals surface area contributed by atoms with Gasteiger partial charge in [-0.3, -0.25) is 4.90 Å². The first-order chi connectivity index (χ1) is 13.8. The summed E-state index contributed by atoms with van der Waals surface area (Å²) < 4.78 is 6.95. The third-order valence-electron chi connectivity index (χ3n) is 4.86. The lowest BCUT2D eigenvalue weighted by Gasteiger charge is -2.34.